The number of rotatable bonds is 3. The van der Waals surface area contributed by atoms with E-state index in [1.54, 1.807) is 0 Å². The van der Waals surface area contributed by atoms with Gasteiger partial charge in [-0.3, -0.25) is 4.79 Å². The third kappa shape index (κ3) is 3.10. The van der Waals surface area contributed by atoms with E-state index in [-0.39, 0.29) is 11.6 Å². The van der Waals surface area contributed by atoms with Crippen molar-refractivity contribution in [2.24, 2.45) is 0 Å². The first-order chi connectivity index (χ1) is 8.99. The summed E-state index contributed by atoms with van der Waals surface area (Å²) in [4.78, 5) is 12.3. The van der Waals surface area contributed by atoms with Gasteiger partial charge in [-0.15, -0.1) is 0 Å². The highest BCUT2D eigenvalue weighted by molar-refractivity contribution is 9.10. The minimum absolute atomic E-state index is 0.109. The molecule has 0 bridgehead atoms. The van der Waals surface area contributed by atoms with Crippen LogP contribution in [-0.2, 0) is 0 Å². The third-order valence-electron chi connectivity index (χ3n) is 3.02. The van der Waals surface area contributed by atoms with E-state index in [1.165, 1.54) is 23.8 Å². The number of hydrogen-bond donors (Lipinski definition) is 0. The first-order valence-corrected chi connectivity index (χ1v) is 6.88. The highest BCUT2D eigenvalue weighted by atomic mass is 79.9. The largest absolute Gasteiger partial charge is 0.289 e. The summed E-state index contributed by atoms with van der Waals surface area (Å²) in [5.74, 6) is -0.0394. The molecule has 0 atom stereocenters. The van der Waals surface area contributed by atoms with Crippen molar-refractivity contribution in [3.63, 3.8) is 0 Å². The zero-order valence-corrected chi connectivity index (χ0v) is 12.4. The molecular weight excluding hydrogens is 307 g/mol. The van der Waals surface area contributed by atoms with Gasteiger partial charge in [-0.25, -0.2) is 4.39 Å². The lowest BCUT2D eigenvalue weighted by atomic mass is 9.98. The summed E-state index contributed by atoms with van der Waals surface area (Å²) in [5, 5.41) is 0. The van der Waals surface area contributed by atoms with Crippen LogP contribution in [-0.4, -0.2) is 5.78 Å². The maximum atomic E-state index is 13.0. The van der Waals surface area contributed by atoms with Gasteiger partial charge in [0, 0.05) is 15.6 Å². The van der Waals surface area contributed by atoms with Crippen molar-refractivity contribution in [3.8, 4) is 0 Å². The number of carbonyl (C=O) groups is 1. The van der Waals surface area contributed by atoms with Gasteiger partial charge in [0.2, 0.25) is 0 Å². The molecule has 1 nitrogen and oxygen atoms in total. The maximum absolute atomic E-state index is 13.0. The van der Waals surface area contributed by atoms with Crippen LogP contribution in [0, 0.1) is 5.82 Å². The molecule has 2 aromatic carbocycles. The van der Waals surface area contributed by atoms with Crippen molar-refractivity contribution in [2.75, 3.05) is 0 Å². The molecule has 0 N–H and O–H groups in total. The van der Waals surface area contributed by atoms with E-state index >= 15 is 0 Å². The second-order valence-corrected chi connectivity index (χ2v) is 5.58. The van der Waals surface area contributed by atoms with E-state index in [0.717, 1.165) is 0 Å². The van der Waals surface area contributed by atoms with Crippen molar-refractivity contribution in [2.45, 2.75) is 19.8 Å². The van der Waals surface area contributed by atoms with Gasteiger partial charge in [-0.05, 0) is 45.6 Å². The average Bonchev–Trinajstić information content (AvgIpc) is 2.38. The smallest absolute Gasteiger partial charge is 0.194 e. The van der Waals surface area contributed by atoms with Crippen molar-refractivity contribution in [1.82, 2.24) is 0 Å². The molecule has 0 radical (unpaired) electrons. The standard InChI is InChI=1S/C16H14BrFO/c1-10(2)11-3-5-12(6-4-11)16(19)14-8-7-13(18)9-15(14)17/h3-10H,1-2H3. The van der Waals surface area contributed by atoms with Crippen LogP contribution in [0.5, 0.6) is 0 Å². The van der Waals surface area contributed by atoms with Crippen LogP contribution in [0.2, 0.25) is 0 Å². The fourth-order valence-corrected chi connectivity index (χ4v) is 2.38. The highest BCUT2D eigenvalue weighted by Crippen LogP contribution is 2.22. The molecule has 0 aliphatic carbocycles. The summed E-state index contributed by atoms with van der Waals surface area (Å²) in [6.45, 7) is 4.21. The Balaban J connectivity index is 2.33. The van der Waals surface area contributed by atoms with Gasteiger partial charge in [0.1, 0.15) is 5.82 Å². The molecule has 0 heterocycles. The predicted octanol–water partition coefficient (Wildman–Crippen LogP) is 4.94. The lowest BCUT2D eigenvalue weighted by molar-refractivity contribution is 0.103. The van der Waals surface area contributed by atoms with Crippen LogP contribution in [0.3, 0.4) is 0 Å². The third-order valence-corrected chi connectivity index (χ3v) is 3.67. The van der Waals surface area contributed by atoms with E-state index in [4.69, 9.17) is 0 Å². The van der Waals surface area contributed by atoms with Gasteiger partial charge < -0.3 is 0 Å². The van der Waals surface area contributed by atoms with E-state index in [1.807, 2.05) is 24.3 Å². The summed E-state index contributed by atoms with van der Waals surface area (Å²) in [6.07, 6.45) is 0. The van der Waals surface area contributed by atoms with Crippen LogP contribution in [0.1, 0.15) is 41.3 Å². The zero-order valence-electron chi connectivity index (χ0n) is 10.8. The molecule has 2 aromatic rings. The van der Waals surface area contributed by atoms with E-state index < -0.39 is 0 Å². The van der Waals surface area contributed by atoms with Crippen LogP contribution in [0.4, 0.5) is 4.39 Å². The molecule has 0 saturated carbocycles. The molecule has 0 aliphatic rings. The van der Waals surface area contributed by atoms with Crippen molar-refractivity contribution >= 4 is 21.7 Å². The minimum Gasteiger partial charge on any atom is -0.289 e. The summed E-state index contributed by atoms with van der Waals surface area (Å²) in [5.41, 5.74) is 2.27. The second-order valence-electron chi connectivity index (χ2n) is 4.73. The van der Waals surface area contributed by atoms with E-state index in [0.29, 0.717) is 21.5 Å². The van der Waals surface area contributed by atoms with Crippen molar-refractivity contribution in [1.29, 1.82) is 0 Å². The molecular formula is C16H14BrFO. The Hall–Kier alpha value is -1.48. The Morgan fingerprint density at radius 1 is 1.11 bits per heavy atom. The molecule has 0 fully saturated rings. The van der Waals surface area contributed by atoms with Crippen molar-refractivity contribution < 1.29 is 9.18 Å². The summed E-state index contributed by atoms with van der Waals surface area (Å²) in [7, 11) is 0. The number of hydrogen-bond acceptors (Lipinski definition) is 1. The zero-order chi connectivity index (χ0) is 14.0. The van der Waals surface area contributed by atoms with Gasteiger partial charge in [0.05, 0.1) is 0 Å². The molecule has 3 heteroatoms. The monoisotopic (exact) mass is 320 g/mol. The van der Waals surface area contributed by atoms with Crippen LogP contribution in [0.15, 0.2) is 46.9 Å². The Bertz CT molecular complexity index is 603. The topological polar surface area (TPSA) is 17.1 Å². The van der Waals surface area contributed by atoms with Gasteiger partial charge in [0.15, 0.2) is 5.78 Å². The summed E-state index contributed by atoms with van der Waals surface area (Å²) < 4.78 is 13.5. The number of benzene rings is 2. The first kappa shape index (κ1) is 13.9. The van der Waals surface area contributed by atoms with Gasteiger partial charge in [-0.1, -0.05) is 38.1 Å². The van der Waals surface area contributed by atoms with Crippen molar-refractivity contribution in [3.05, 3.63) is 69.4 Å². The molecule has 0 aromatic heterocycles. The number of halogens is 2. The highest BCUT2D eigenvalue weighted by Gasteiger charge is 2.13. The molecule has 0 unspecified atom stereocenters. The molecule has 19 heavy (non-hydrogen) atoms. The quantitative estimate of drug-likeness (QED) is 0.732. The Labute approximate surface area is 120 Å². The van der Waals surface area contributed by atoms with E-state index in [2.05, 4.69) is 29.8 Å². The molecule has 0 amide bonds. The molecule has 0 spiro atoms. The predicted molar refractivity (Wildman–Crippen MR) is 78.1 cm³/mol. The Morgan fingerprint density at radius 2 is 1.74 bits per heavy atom. The summed E-state index contributed by atoms with van der Waals surface area (Å²) >= 11 is 3.22. The van der Waals surface area contributed by atoms with Gasteiger partial charge in [0.25, 0.3) is 0 Å². The molecule has 0 saturated heterocycles. The number of ketones is 1. The SMILES string of the molecule is CC(C)c1ccc(C(=O)c2ccc(F)cc2Br)cc1. The fourth-order valence-electron chi connectivity index (χ4n) is 1.85. The Morgan fingerprint density at radius 3 is 2.26 bits per heavy atom. The van der Waals surface area contributed by atoms with Crippen LogP contribution in [0.25, 0.3) is 0 Å². The lowest BCUT2D eigenvalue weighted by Crippen LogP contribution is -2.03. The lowest BCUT2D eigenvalue weighted by Gasteiger charge is -2.07. The first-order valence-electron chi connectivity index (χ1n) is 6.08. The second kappa shape index (κ2) is 5.66. The minimum atomic E-state index is -0.362. The van der Waals surface area contributed by atoms with Crippen LogP contribution >= 0.6 is 15.9 Å². The summed E-state index contributed by atoms with van der Waals surface area (Å²) in [6, 6.07) is 11.6. The molecule has 0 aliphatic heterocycles. The molecule has 98 valence electrons. The average molecular weight is 321 g/mol. The molecule has 2 rings (SSSR count). The van der Waals surface area contributed by atoms with Gasteiger partial charge >= 0.3 is 0 Å². The number of carbonyl (C=O) groups excluding carboxylic acids is 1. The maximum Gasteiger partial charge on any atom is 0.194 e. The van der Waals surface area contributed by atoms with Gasteiger partial charge in [-0.2, -0.15) is 0 Å². The van der Waals surface area contributed by atoms with Crippen LogP contribution < -0.4 is 0 Å². The van der Waals surface area contributed by atoms with E-state index in [9.17, 15) is 9.18 Å². The fraction of sp³-hybridized carbons (Fsp3) is 0.188. The normalized spacial score (nSPS) is 10.8. The Kier molecular flexibility index (Phi) is 4.15.